The van der Waals surface area contributed by atoms with Crippen LogP contribution in [0.2, 0.25) is 0 Å². The van der Waals surface area contributed by atoms with Crippen molar-refractivity contribution in [1.29, 1.82) is 0 Å². The zero-order chi connectivity index (χ0) is 17.9. The second kappa shape index (κ2) is 7.46. The first kappa shape index (κ1) is 17.0. The molecule has 3 aromatic rings. The maximum absolute atomic E-state index is 4.46. The Balaban J connectivity index is 1.38. The first-order chi connectivity index (χ1) is 12.7. The number of hydrogen-bond acceptors (Lipinski definition) is 3. The number of piperidine rings is 1. The van der Waals surface area contributed by atoms with Gasteiger partial charge in [0.05, 0.1) is 17.6 Å². The fraction of sp³-hybridized carbons (Fsp3) is 0.429. The predicted molar refractivity (Wildman–Crippen MR) is 104 cm³/mol. The monoisotopic (exact) mass is 349 g/mol. The third-order valence-corrected chi connectivity index (χ3v) is 5.41. The molecule has 1 saturated heterocycles. The Labute approximate surface area is 154 Å². The second-order valence-corrected chi connectivity index (χ2v) is 7.59. The number of likely N-dealkylation sites (tertiary alicyclic amines) is 1. The molecule has 136 valence electrons. The number of benzene rings is 1. The van der Waals surface area contributed by atoms with E-state index in [9.17, 15) is 0 Å². The quantitative estimate of drug-likeness (QED) is 0.722. The van der Waals surface area contributed by atoms with Crippen LogP contribution in [-0.4, -0.2) is 38.4 Å². The Bertz CT molecular complexity index is 825. The van der Waals surface area contributed by atoms with Crippen LogP contribution in [0.25, 0.3) is 11.3 Å². The van der Waals surface area contributed by atoms with E-state index in [4.69, 9.17) is 0 Å². The molecule has 5 nitrogen and oxygen atoms in total. The summed E-state index contributed by atoms with van der Waals surface area (Å²) in [6.45, 7) is 7.56. The highest BCUT2D eigenvalue weighted by Gasteiger charge is 2.23. The van der Waals surface area contributed by atoms with Gasteiger partial charge in [0.2, 0.25) is 0 Å². The van der Waals surface area contributed by atoms with E-state index in [0.717, 1.165) is 25.3 Å². The van der Waals surface area contributed by atoms with Crippen LogP contribution in [0.5, 0.6) is 0 Å². The average molecular weight is 349 g/mol. The summed E-state index contributed by atoms with van der Waals surface area (Å²) in [4.78, 5) is 2.54. The number of aromatic nitrogens is 4. The minimum absolute atomic E-state index is 0.484. The number of H-pyrrole nitrogens is 2. The molecular formula is C21H27N5. The molecule has 3 heterocycles. The Hall–Kier alpha value is -2.40. The van der Waals surface area contributed by atoms with E-state index in [-0.39, 0.29) is 0 Å². The van der Waals surface area contributed by atoms with E-state index in [1.807, 2.05) is 12.3 Å². The van der Waals surface area contributed by atoms with Gasteiger partial charge in [-0.2, -0.15) is 10.2 Å². The summed E-state index contributed by atoms with van der Waals surface area (Å²) in [5.41, 5.74) is 6.10. The Morgan fingerprint density at radius 1 is 1.12 bits per heavy atom. The van der Waals surface area contributed by atoms with Gasteiger partial charge in [0.25, 0.3) is 0 Å². The van der Waals surface area contributed by atoms with Crippen molar-refractivity contribution < 1.29 is 0 Å². The lowest BCUT2D eigenvalue weighted by atomic mass is 9.92. The molecule has 1 aliphatic heterocycles. The van der Waals surface area contributed by atoms with E-state index in [1.165, 1.54) is 35.4 Å². The molecule has 1 aromatic carbocycles. The van der Waals surface area contributed by atoms with Crippen molar-refractivity contribution in [1.82, 2.24) is 25.3 Å². The lowest BCUT2D eigenvalue weighted by Gasteiger charge is -2.31. The van der Waals surface area contributed by atoms with E-state index >= 15 is 0 Å². The Morgan fingerprint density at radius 3 is 2.58 bits per heavy atom. The van der Waals surface area contributed by atoms with Crippen LogP contribution in [0.15, 0.2) is 42.6 Å². The number of rotatable bonds is 5. The molecule has 4 rings (SSSR count). The summed E-state index contributed by atoms with van der Waals surface area (Å²) >= 11 is 0. The van der Waals surface area contributed by atoms with Crippen LogP contribution < -0.4 is 0 Å². The van der Waals surface area contributed by atoms with Gasteiger partial charge in [0.1, 0.15) is 0 Å². The molecule has 5 heteroatoms. The first-order valence-corrected chi connectivity index (χ1v) is 9.56. The predicted octanol–water partition coefficient (Wildman–Crippen LogP) is 4.30. The molecule has 0 bridgehead atoms. The minimum atomic E-state index is 0.484. The maximum atomic E-state index is 4.46. The summed E-state index contributed by atoms with van der Waals surface area (Å²) in [6, 6.07) is 12.7. The summed E-state index contributed by atoms with van der Waals surface area (Å²) in [5.74, 6) is 1.08. The van der Waals surface area contributed by atoms with Crippen molar-refractivity contribution in [2.75, 3.05) is 13.1 Å². The lowest BCUT2D eigenvalue weighted by molar-refractivity contribution is 0.203. The van der Waals surface area contributed by atoms with Crippen molar-refractivity contribution >= 4 is 0 Å². The van der Waals surface area contributed by atoms with E-state index in [2.05, 4.69) is 69.5 Å². The molecule has 2 N–H and O–H groups in total. The molecular weight excluding hydrogens is 322 g/mol. The van der Waals surface area contributed by atoms with E-state index in [1.54, 1.807) is 0 Å². The molecule has 0 spiro atoms. The molecule has 1 aliphatic rings. The van der Waals surface area contributed by atoms with Gasteiger partial charge in [0.15, 0.2) is 0 Å². The third-order valence-electron chi connectivity index (χ3n) is 5.41. The van der Waals surface area contributed by atoms with Gasteiger partial charge in [-0.3, -0.25) is 15.1 Å². The fourth-order valence-electron chi connectivity index (χ4n) is 3.79. The minimum Gasteiger partial charge on any atom is -0.299 e. The Morgan fingerprint density at radius 2 is 1.88 bits per heavy atom. The van der Waals surface area contributed by atoms with E-state index < -0.39 is 0 Å². The summed E-state index contributed by atoms with van der Waals surface area (Å²) in [6.07, 6.45) is 4.33. The largest absolute Gasteiger partial charge is 0.299 e. The maximum Gasteiger partial charge on any atom is 0.0695 e. The van der Waals surface area contributed by atoms with Crippen LogP contribution in [-0.2, 0) is 6.54 Å². The summed E-state index contributed by atoms with van der Waals surface area (Å²) in [7, 11) is 0. The molecule has 0 aliphatic carbocycles. The van der Waals surface area contributed by atoms with Gasteiger partial charge in [-0.25, -0.2) is 0 Å². The van der Waals surface area contributed by atoms with Crippen LogP contribution >= 0.6 is 0 Å². The highest BCUT2D eigenvalue weighted by atomic mass is 15.2. The Kier molecular flexibility index (Phi) is 4.89. The summed E-state index contributed by atoms with van der Waals surface area (Å²) < 4.78 is 0. The smallest absolute Gasteiger partial charge is 0.0695 e. The van der Waals surface area contributed by atoms with Crippen molar-refractivity contribution in [3.05, 3.63) is 59.5 Å². The van der Waals surface area contributed by atoms with Gasteiger partial charge in [-0.1, -0.05) is 44.2 Å². The second-order valence-electron chi connectivity index (χ2n) is 7.59. The zero-order valence-corrected chi connectivity index (χ0v) is 15.6. The van der Waals surface area contributed by atoms with Gasteiger partial charge < -0.3 is 0 Å². The van der Waals surface area contributed by atoms with Crippen LogP contribution in [0.1, 0.15) is 55.5 Å². The van der Waals surface area contributed by atoms with Crippen molar-refractivity contribution in [2.24, 2.45) is 0 Å². The van der Waals surface area contributed by atoms with Crippen LogP contribution in [0.3, 0.4) is 0 Å². The van der Waals surface area contributed by atoms with Crippen molar-refractivity contribution in [3.8, 4) is 11.3 Å². The SMILES string of the molecule is CC(C)c1cc(C2CCN(Cc3cn[nH]c3-c3ccccc3)CC2)[nH]n1. The molecule has 26 heavy (non-hydrogen) atoms. The molecule has 0 atom stereocenters. The zero-order valence-electron chi connectivity index (χ0n) is 15.6. The average Bonchev–Trinajstić information content (AvgIpc) is 3.33. The highest BCUT2D eigenvalue weighted by molar-refractivity contribution is 5.62. The van der Waals surface area contributed by atoms with Crippen molar-refractivity contribution in [2.45, 2.75) is 45.1 Å². The highest BCUT2D eigenvalue weighted by Crippen LogP contribution is 2.30. The number of hydrogen-bond donors (Lipinski definition) is 2. The molecule has 0 unspecified atom stereocenters. The van der Waals surface area contributed by atoms with E-state index in [0.29, 0.717) is 11.8 Å². The lowest BCUT2D eigenvalue weighted by Crippen LogP contribution is -2.32. The number of nitrogens with one attached hydrogen (secondary N) is 2. The first-order valence-electron chi connectivity index (χ1n) is 9.56. The van der Waals surface area contributed by atoms with Crippen LogP contribution in [0, 0.1) is 0 Å². The molecule has 0 amide bonds. The van der Waals surface area contributed by atoms with Crippen molar-refractivity contribution in [3.63, 3.8) is 0 Å². The van der Waals surface area contributed by atoms with Gasteiger partial charge >= 0.3 is 0 Å². The number of aromatic amines is 2. The molecule has 1 fully saturated rings. The summed E-state index contributed by atoms with van der Waals surface area (Å²) in [5, 5.41) is 15.2. The third kappa shape index (κ3) is 3.58. The van der Waals surface area contributed by atoms with Gasteiger partial charge in [-0.15, -0.1) is 0 Å². The van der Waals surface area contributed by atoms with Gasteiger partial charge in [0, 0.05) is 23.7 Å². The fourth-order valence-corrected chi connectivity index (χ4v) is 3.79. The van der Waals surface area contributed by atoms with Crippen LogP contribution in [0.4, 0.5) is 0 Å². The standard InChI is InChI=1S/C21H27N5/c1-15(2)19-12-20(24-23-19)16-8-10-26(11-9-16)14-18-13-22-25-21(18)17-6-4-3-5-7-17/h3-7,12-13,15-16H,8-11,14H2,1-2H3,(H,22,25)(H,23,24). The molecule has 0 radical (unpaired) electrons. The number of nitrogens with zero attached hydrogens (tertiary/aromatic N) is 3. The van der Waals surface area contributed by atoms with Gasteiger partial charge in [-0.05, 0) is 43.5 Å². The topological polar surface area (TPSA) is 60.6 Å². The molecule has 0 saturated carbocycles. The normalized spacial score (nSPS) is 16.4. The molecule has 2 aromatic heterocycles.